The van der Waals surface area contributed by atoms with E-state index in [1.807, 2.05) is 32.0 Å². The summed E-state index contributed by atoms with van der Waals surface area (Å²) in [6, 6.07) is 11.1. The van der Waals surface area contributed by atoms with Gasteiger partial charge in [-0.1, -0.05) is 6.07 Å². The number of hydrogen-bond acceptors (Lipinski definition) is 3. The molecule has 0 bridgehead atoms. The highest BCUT2D eigenvalue weighted by molar-refractivity contribution is 5.97. The molecule has 5 nitrogen and oxygen atoms in total. The number of nitrogens with zero attached hydrogens (tertiary/aromatic N) is 1. The molecular weight excluding hydrogens is 335 g/mol. The van der Waals surface area contributed by atoms with Crippen molar-refractivity contribution in [1.29, 1.82) is 0 Å². The molecule has 0 aliphatic carbocycles. The predicted octanol–water partition coefficient (Wildman–Crippen LogP) is 2.74. The van der Waals surface area contributed by atoms with Crippen molar-refractivity contribution in [2.45, 2.75) is 26.3 Å². The number of halogens is 1. The van der Waals surface area contributed by atoms with Gasteiger partial charge < -0.3 is 15.0 Å². The first-order valence-electron chi connectivity index (χ1n) is 8.48. The Morgan fingerprint density at radius 2 is 1.92 bits per heavy atom. The number of benzene rings is 2. The zero-order valence-electron chi connectivity index (χ0n) is 14.8. The van der Waals surface area contributed by atoms with Gasteiger partial charge in [-0.3, -0.25) is 9.59 Å². The summed E-state index contributed by atoms with van der Waals surface area (Å²) in [6.45, 7) is 4.28. The molecule has 0 aromatic heterocycles. The van der Waals surface area contributed by atoms with Crippen molar-refractivity contribution in [1.82, 2.24) is 5.32 Å². The van der Waals surface area contributed by atoms with Crippen molar-refractivity contribution in [3.8, 4) is 5.75 Å². The van der Waals surface area contributed by atoms with E-state index < -0.39 is 0 Å². The van der Waals surface area contributed by atoms with Crippen LogP contribution in [0.2, 0.25) is 0 Å². The maximum Gasteiger partial charge on any atom is 0.258 e. The van der Waals surface area contributed by atoms with E-state index in [-0.39, 0.29) is 36.7 Å². The van der Waals surface area contributed by atoms with Gasteiger partial charge in [0.05, 0.1) is 6.04 Å². The van der Waals surface area contributed by atoms with Crippen molar-refractivity contribution in [2.24, 2.45) is 0 Å². The minimum Gasteiger partial charge on any atom is -0.484 e. The van der Waals surface area contributed by atoms with Crippen LogP contribution in [-0.2, 0) is 9.59 Å². The standard InChI is InChI=1S/C20H21FN2O3/c1-13-3-6-17(9-14(13)2)23-11-16(10-20(23)25)22-19(24)12-26-18-7-4-15(21)5-8-18/h3-9,16H,10-12H2,1-2H3,(H,22,24). The molecule has 1 fully saturated rings. The third kappa shape index (κ3) is 4.20. The molecule has 1 aliphatic heterocycles. The first-order chi connectivity index (χ1) is 12.4. The first-order valence-corrected chi connectivity index (χ1v) is 8.48. The lowest BCUT2D eigenvalue weighted by Gasteiger charge is -2.18. The smallest absolute Gasteiger partial charge is 0.258 e. The molecule has 0 saturated carbocycles. The Hall–Kier alpha value is -2.89. The molecule has 6 heteroatoms. The number of anilines is 1. The third-order valence-electron chi connectivity index (χ3n) is 4.48. The average Bonchev–Trinajstić information content (AvgIpc) is 2.97. The summed E-state index contributed by atoms with van der Waals surface area (Å²) in [7, 11) is 0. The monoisotopic (exact) mass is 356 g/mol. The molecular formula is C20H21FN2O3. The fourth-order valence-corrected chi connectivity index (χ4v) is 2.90. The highest BCUT2D eigenvalue weighted by Gasteiger charge is 2.31. The molecule has 1 aliphatic rings. The lowest BCUT2D eigenvalue weighted by Crippen LogP contribution is -2.39. The second kappa shape index (κ2) is 7.56. The van der Waals surface area contributed by atoms with E-state index in [0.29, 0.717) is 12.3 Å². The molecule has 3 rings (SSSR count). The zero-order valence-corrected chi connectivity index (χ0v) is 14.8. The van der Waals surface area contributed by atoms with Crippen molar-refractivity contribution >= 4 is 17.5 Å². The Bertz CT molecular complexity index is 820. The molecule has 1 atom stereocenters. The van der Waals surface area contributed by atoms with Crippen LogP contribution in [0, 0.1) is 19.7 Å². The fourth-order valence-electron chi connectivity index (χ4n) is 2.90. The molecule has 1 heterocycles. The topological polar surface area (TPSA) is 58.6 Å². The molecule has 0 spiro atoms. The van der Waals surface area contributed by atoms with E-state index in [0.717, 1.165) is 11.3 Å². The van der Waals surface area contributed by atoms with Crippen LogP contribution >= 0.6 is 0 Å². The highest BCUT2D eigenvalue weighted by Crippen LogP contribution is 2.24. The van der Waals surface area contributed by atoms with Crippen LogP contribution in [0.1, 0.15) is 17.5 Å². The summed E-state index contributed by atoms with van der Waals surface area (Å²) in [4.78, 5) is 26.0. The summed E-state index contributed by atoms with van der Waals surface area (Å²) in [5.74, 6) is -0.273. The van der Waals surface area contributed by atoms with E-state index in [2.05, 4.69) is 5.32 Å². The zero-order chi connectivity index (χ0) is 18.7. The lowest BCUT2D eigenvalue weighted by molar-refractivity contribution is -0.123. The van der Waals surface area contributed by atoms with Gasteiger partial charge in [0.1, 0.15) is 11.6 Å². The van der Waals surface area contributed by atoms with Gasteiger partial charge in [0.2, 0.25) is 5.91 Å². The molecule has 1 N–H and O–H groups in total. The summed E-state index contributed by atoms with van der Waals surface area (Å²) in [5, 5.41) is 2.82. The van der Waals surface area contributed by atoms with E-state index in [9.17, 15) is 14.0 Å². The van der Waals surface area contributed by atoms with E-state index in [4.69, 9.17) is 4.74 Å². The third-order valence-corrected chi connectivity index (χ3v) is 4.48. The Kier molecular flexibility index (Phi) is 5.21. The van der Waals surface area contributed by atoms with Gasteiger partial charge in [0.25, 0.3) is 5.91 Å². The van der Waals surface area contributed by atoms with Crippen molar-refractivity contribution in [3.63, 3.8) is 0 Å². The minimum absolute atomic E-state index is 0.0157. The molecule has 2 amide bonds. The number of carbonyl (C=O) groups excluding carboxylic acids is 2. The second-order valence-electron chi connectivity index (χ2n) is 6.48. The number of amides is 2. The fraction of sp³-hybridized carbons (Fsp3) is 0.300. The number of ether oxygens (including phenoxy) is 1. The van der Waals surface area contributed by atoms with E-state index >= 15 is 0 Å². The Balaban J connectivity index is 1.54. The molecule has 136 valence electrons. The number of aryl methyl sites for hydroxylation is 2. The van der Waals surface area contributed by atoms with E-state index in [1.165, 1.54) is 29.8 Å². The largest absolute Gasteiger partial charge is 0.484 e. The van der Waals surface area contributed by atoms with Gasteiger partial charge in [-0.05, 0) is 61.4 Å². The molecule has 2 aromatic rings. The molecule has 1 saturated heterocycles. The van der Waals surface area contributed by atoms with Crippen LogP contribution in [0.5, 0.6) is 5.75 Å². The number of nitrogens with one attached hydrogen (secondary N) is 1. The molecule has 0 radical (unpaired) electrons. The second-order valence-corrected chi connectivity index (χ2v) is 6.48. The number of rotatable bonds is 5. The maximum absolute atomic E-state index is 12.8. The lowest BCUT2D eigenvalue weighted by atomic mass is 10.1. The Labute approximate surface area is 151 Å². The summed E-state index contributed by atoms with van der Waals surface area (Å²) < 4.78 is 18.2. The number of hydrogen-bond donors (Lipinski definition) is 1. The average molecular weight is 356 g/mol. The summed E-state index contributed by atoms with van der Waals surface area (Å²) in [5.41, 5.74) is 3.14. The predicted molar refractivity (Wildman–Crippen MR) is 96.7 cm³/mol. The Morgan fingerprint density at radius 3 is 2.62 bits per heavy atom. The molecule has 1 unspecified atom stereocenters. The van der Waals surface area contributed by atoms with E-state index in [1.54, 1.807) is 4.90 Å². The van der Waals surface area contributed by atoms with Crippen LogP contribution in [0.3, 0.4) is 0 Å². The van der Waals surface area contributed by atoms with Crippen molar-refractivity contribution < 1.29 is 18.7 Å². The summed E-state index contributed by atoms with van der Waals surface area (Å²) in [6.07, 6.45) is 0.259. The van der Waals surface area contributed by atoms with Crippen LogP contribution < -0.4 is 15.0 Å². The van der Waals surface area contributed by atoms with Gasteiger partial charge in [-0.15, -0.1) is 0 Å². The van der Waals surface area contributed by atoms with Gasteiger partial charge in [-0.2, -0.15) is 0 Å². The SMILES string of the molecule is Cc1ccc(N2CC(NC(=O)COc3ccc(F)cc3)CC2=O)cc1C. The molecule has 2 aromatic carbocycles. The van der Waals surface area contributed by atoms with Gasteiger partial charge >= 0.3 is 0 Å². The van der Waals surface area contributed by atoms with Crippen molar-refractivity contribution in [2.75, 3.05) is 18.1 Å². The first kappa shape index (κ1) is 17.9. The Morgan fingerprint density at radius 1 is 1.19 bits per heavy atom. The van der Waals surface area contributed by atoms with Crippen LogP contribution in [0.15, 0.2) is 42.5 Å². The van der Waals surface area contributed by atoms with Gasteiger partial charge in [0, 0.05) is 18.7 Å². The normalized spacial score (nSPS) is 16.7. The minimum atomic E-state index is -0.363. The van der Waals surface area contributed by atoms with Crippen LogP contribution in [-0.4, -0.2) is 31.0 Å². The van der Waals surface area contributed by atoms with Crippen molar-refractivity contribution in [3.05, 3.63) is 59.4 Å². The van der Waals surface area contributed by atoms with Crippen LogP contribution in [0.25, 0.3) is 0 Å². The maximum atomic E-state index is 12.8. The highest BCUT2D eigenvalue weighted by atomic mass is 19.1. The van der Waals surface area contributed by atoms with Gasteiger partial charge in [-0.25, -0.2) is 4.39 Å². The number of carbonyl (C=O) groups is 2. The van der Waals surface area contributed by atoms with Gasteiger partial charge in [0.15, 0.2) is 6.61 Å². The van der Waals surface area contributed by atoms with Crippen LogP contribution in [0.4, 0.5) is 10.1 Å². The molecule has 26 heavy (non-hydrogen) atoms. The summed E-state index contributed by atoms with van der Waals surface area (Å²) >= 11 is 0. The quantitative estimate of drug-likeness (QED) is 0.896.